The molecule has 0 atom stereocenters. The number of aromatic nitrogens is 2. The number of guanidine groups is 1. The molecule has 0 spiro atoms. The molecule has 1 heterocycles. The molecule has 0 saturated heterocycles. The standard InChI is InChI=1S/C17H22FN5O.HI/c1-3-19-16(20-10-15-22-12(2)23-24-15)21-11-17(8-9-17)13-6-4-5-7-14(13)18;/h4-7H,3,8-11H2,1-2H3,(H2,19,20,21);1H. The third-order valence-corrected chi connectivity index (χ3v) is 4.18. The number of aliphatic imine (C=N–C) groups is 1. The van der Waals surface area contributed by atoms with E-state index in [4.69, 9.17) is 4.52 Å². The minimum Gasteiger partial charge on any atom is -0.357 e. The van der Waals surface area contributed by atoms with Gasteiger partial charge in [-0.2, -0.15) is 4.98 Å². The summed E-state index contributed by atoms with van der Waals surface area (Å²) >= 11 is 0. The molecule has 2 N–H and O–H groups in total. The zero-order valence-electron chi connectivity index (χ0n) is 14.4. The Morgan fingerprint density at radius 3 is 2.68 bits per heavy atom. The van der Waals surface area contributed by atoms with E-state index < -0.39 is 0 Å². The van der Waals surface area contributed by atoms with Crippen LogP contribution < -0.4 is 10.6 Å². The van der Waals surface area contributed by atoms with Crippen molar-refractivity contribution in [1.82, 2.24) is 20.8 Å². The van der Waals surface area contributed by atoms with Gasteiger partial charge in [-0.15, -0.1) is 24.0 Å². The maximum Gasteiger partial charge on any atom is 0.248 e. The van der Waals surface area contributed by atoms with Gasteiger partial charge in [-0.1, -0.05) is 23.4 Å². The molecule has 1 aliphatic carbocycles. The number of hydrogen-bond donors (Lipinski definition) is 2. The Bertz CT molecular complexity index is 729. The highest BCUT2D eigenvalue weighted by molar-refractivity contribution is 14.0. The minimum absolute atomic E-state index is 0. The molecule has 0 bridgehead atoms. The highest BCUT2D eigenvalue weighted by atomic mass is 127. The van der Waals surface area contributed by atoms with Gasteiger partial charge in [0.2, 0.25) is 5.89 Å². The Morgan fingerprint density at radius 1 is 1.32 bits per heavy atom. The van der Waals surface area contributed by atoms with Gasteiger partial charge in [-0.05, 0) is 38.3 Å². The Balaban J connectivity index is 0.00000225. The molecule has 8 heteroatoms. The summed E-state index contributed by atoms with van der Waals surface area (Å²) in [6, 6.07) is 7.00. The fourth-order valence-electron chi connectivity index (χ4n) is 2.73. The van der Waals surface area contributed by atoms with Crippen LogP contribution in [-0.2, 0) is 12.0 Å². The summed E-state index contributed by atoms with van der Waals surface area (Å²) in [5.74, 6) is 1.59. The van der Waals surface area contributed by atoms with Crippen molar-refractivity contribution in [1.29, 1.82) is 0 Å². The van der Waals surface area contributed by atoms with Crippen molar-refractivity contribution in [2.45, 2.75) is 38.6 Å². The number of hydrogen-bond acceptors (Lipinski definition) is 4. The van der Waals surface area contributed by atoms with Crippen LogP contribution in [0.2, 0.25) is 0 Å². The smallest absolute Gasteiger partial charge is 0.248 e. The molecule has 25 heavy (non-hydrogen) atoms. The van der Waals surface area contributed by atoms with E-state index in [2.05, 4.69) is 25.8 Å². The summed E-state index contributed by atoms with van der Waals surface area (Å²) in [7, 11) is 0. The highest BCUT2D eigenvalue weighted by Gasteiger charge is 2.45. The lowest BCUT2D eigenvalue weighted by atomic mass is 9.95. The van der Waals surface area contributed by atoms with Crippen molar-refractivity contribution in [3.63, 3.8) is 0 Å². The summed E-state index contributed by atoms with van der Waals surface area (Å²) in [6.07, 6.45) is 1.95. The van der Waals surface area contributed by atoms with E-state index in [1.807, 2.05) is 19.1 Å². The van der Waals surface area contributed by atoms with Gasteiger partial charge in [0.1, 0.15) is 12.4 Å². The molecule has 136 valence electrons. The number of rotatable bonds is 6. The molecule has 1 fully saturated rings. The molecule has 0 amide bonds. The van der Waals surface area contributed by atoms with Crippen LogP contribution in [0.4, 0.5) is 4.39 Å². The average Bonchev–Trinajstić information content (AvgIpc) is 3.25. The Hall–Kier alpha value is -1.71. The quantitative estimate of drug-likeness (QED) is 0.395. The van der Waals surface area contributed by atoms with Crippen LogP contribution >= 0.6 is 24.0 Å². The predicted octanol–water partition coefficient (Wildman–Crippen LogP) is 2.92. The summed E-state index contributed by atoms with van der Waals surface area (Å²) in [6.45, 7) is 5.45. The fraction of sp³-hybridized carbons (Fsp3) is 0.471. The van der Waals surface area contributed by atoms with Gasteiger partial charge in [0.25, 0.3) is 0 Å². The summed E-state index contributed by atoms with van der Waals surface area (Å²) in [5, 5.41) is 10.2. The van der Waals surface area contributed by atoms with Gasteiger partial charge in [-0.3, -0.25) is 0 Å². The van der Waals surface area contributed by atoms with Crippen molar-refractivity contribution >= 4 is 29.9 Å². The zero-order chi connectivity index (χ0) is 17.0. The first kappa shape index (κ1) is 19.6. The van der Waals surface area contributed by atoms with E-state index in [1.54, 1.807) is 13.0 Å². The topological polar surface area (TPSA) is 75.3 Å². The molecular formula is C17H23FIN5O. The number of halogens is 2. The molecule has 1 aromatic carbocycles. The maximum atomic E-state index is 14.1. The normalized spacial score (nSPS) is 15.4. The largest absolute Gasteiger partial charge is 0.357 e. The lowest BCUT2D eigenvalue weighted by Crippen LogP contribution is -2.41. The third-order valence-electron chi connectivity index (χ3n) is 4.18. The van der Waals surface area contributed by atoms with Crippen molar-refractivity contribution in [3.8, 4) is 0 Å². The lowest BCUT2D eigenvalue weighted by molar-refractivity contribution is 0.376. The maximum absolute atomic E-state index is 14.1. The number of aryl methyl sites for hydroxylation is 1. The van der Waals surface area contributed by atoms with Crippen molar-refractivity contribution < 1.29 is 8.91 Å². The van der Waals surface area contributed by atoms with Gasteiger partial charge < -0.3 is 15.2 Å². The van der Waals surface area contributed by atoms with Crippen LogP contribution in [0, 0.1) is 12.7 Å². The second-order valence-electron chi connectivity index (χ2n) is 6.04. The number of nitrogens with zero attached hydrogens (tertiary/aromatic N) is 3. The van der Waals surface area contributed by atoms with E-state index in [0.717, 1.165) is 24.9 Å². The third kappa shape index (κ3) is 4.90. The van der Waals surface area contributed by atoms with Crippen LogP contribution in [-0.4, -0.2) is 29.2 Å². The first-order valence-corrected chi connectivity index (χ1v) is 8.19. The predicted molar refractivity (Wildman–Crippen MR) is 105 cm³/mol. The van der Waals surface area contributed by atoms with Crippen LogP contribution in [0.3, 0.4) is 0 Å². The molecule has 1 saturated carbocycles. The van der Waals surface area contributed by atoms with E-state index in [0.29, 0.717) is 30.8 Å². The summed E-state index contributed by atoms with van der Waals surface area (Å²) < 4.78 is 19.1. The highest BCUT2D eigenvalue weighted by Crippen LogP contribution is 2.48. The zero-order valence-corrected chi connectivity index (χ0v) is 16.7. The van der Waals surface area contributed by atoms with Gasteiger partial charge in [-0.25, -0.2) is 9.38 Å². The molecule has 1 aliphatic rings. The van der Waals surface area contributed by atoms with Crippen LogP contribution in [0.5, 0.6) is 0 Å². The Morgan fingerprint density at radius 2 is 2.08 bits per heavy atom. The molecule has 6 nitrogen and oxygen atoms in total. The lowest BCUT2D eigenvalue weighted by Gasteiger charge is -2.19. The molecular weight excluding hydrogens is 436 g/mol. The average molecular weight is 459 g/mol. The molecule has 3 rings (SSSR count). The summed E-state index contributed by atoms with van der Waals surface area (Å²) in [4.78, 5) is 8.58. The summed E-state index contributed by atoms with van der Waals surface area (Å²) in [5.41, 5.74) is 0.642. The molecule has 0 aliphatic heterocycles. The van der Waals surface area contributed by atoms with E-state index in [-0.39, 0.29) is 35.2 Å². The van der Waals surface area contributed by atoms with Crippen molar-refractivity contribution in [2.24, 2.45) is 4.99 Å². The van der Waals surface area contributed by atoms with Crippen molar-refractivity contribution in [3.05, 3.63) is 47.4 Å². The van der Waals surface area contributed by atoms with E-state index >= 15 is 0 Å². The minimum atomic E-state index is -0.139. The first-order chi connectivity index (χ1) is 11.6. The monoisotopic (exact) mass is 459 g/mol. The van der Waals surface area contributed by atoms with E-state index in [1.165, 1.54) is 6.07 Å². The fourth-order valence-corrected chi connectivity index (χ4v) is 2.73. The van der Waals surface area contributed by atoms with Crippen molar-refractivity contribution in [2.75, 3.05) is 13.1 Å². The molecule has 0 unspecified atom stereocenters. The molecule has 2 aromatic rings. The molecule has 0 radical (unpaired) electrons. The van der Waals surface area contributed by atoms with E-state index in [9.17, 15) is 4.39 Å². The Labute approximate surface area is 163 Å². The van der Waals surface area contributed by atoms with Gasteiger partial charge >= 0.3 is 0 Å². The first-order valence-electron chi connectivity index (χ1n) is 8.19. The SMILES string of the molecule is CCNC(=NCc1nc(C)no1)NCC1(c2ccccc2F)CC1.I. The van der Waals surface area contributed by atoms with Gasteiger partial charge in [0.15, 0.2) is 11.8 Å². The number of nitrogens with one attached hydrogen (secondary N) is 2. The number of benzene rings is 1. The molecule has 1 aromatic heterocycles. The second kappa shape index (κ2) is 8.59. The van der Waals surface area contributed by atoms with Gasteiger partial charge in [0.05, 0.1) is 0 Å². The van der Waals surface area contributed by atoms with Gasteiger partial charge in [0, 0.05) is 18.5 Å². The Kier molecular flexibility index (Phi) is 6.74. The van der Waals surface area contributed by atoms with Crippen LogP contribution in [0.15, 0.2) is 33.8 Å². The van der Waals surface area contributed by atoms with Crippen LogP contribution in [0.1, 0.15) is 37.0 Å². The second-order valence-corrected chi connectivity index (χ2v) is 6.04. The van der Waals surface area contributed by atoms with Crippen LogP contribution in [0.25, 0.3) is 0 Å².